The van der Waals surface area contributed by atoms with Crippen molar-refractivity contribution in [2.45, 2.75) is 39.7 Å². The van der Waals surface area contributed by atoms with E-state index in [0.717, 1.165) is 11.3 Å². The second kappa shape index (κ2) is 5.36. The molecule has 17 heavy (non-hydrogen) atoms. The monoisotopic (exact) mass is 238 g/mol. The Morgan fingerprint density at radius 3 is 2.59 bits per heavy atom. The van der Waals surface area contributed by atoms with Crippen molar-refractivity contribution in [3.8, 4) is 0 Å². The first-order chi connectivity index (χ1) is 7.83. The number of amides is 1. The maximum Gasteiger partial charge on any atom is 0.225 e. The second-order valence-electron chi connectivity index (χ2n) is 5.40. The normalized spacial score (nSPS) is 13.5. The first-order valence-electron chi connectivity index (χ1n) is 5.88. The fourth-order valence-electron chi connectivity index (χ4n) is 1.59. The molecule has 1 amide bonds. The number of nitrogens with one attached hydrogen (secondary N) is 1. The molecule has 0 saturated carbocycles. The van der Waals surface area contributed by atoms with Crippen LogP contribution in [0.25, 0.3) is 0 Å². The molecule has 0 bridgehead atoms. The molecule has 0 saturated heterocycles. The van der Waals surface area contributed by atoms with E-state index in [-0.39, 0.29) is 17.4 Å². The minimum absolute atomic E-state index is 0.0178. The molecule has 96 valence electrons. The molecule has 0 aliphatic carbocycles. The number of carbonyl (C=O) groups is 1. The molecular weight excluding hydrogens is 216 g/mol. The van der Waals surface area contributed by atoms with E-state index in [9.17, 15) is 4.79 Å². The summed E-state index contributed by atoms with van der Waals surface area (Å²) in [6.45, 7) is 8.15. The summed E-state index contributed by atoms with van der Waals surface area (Å²) in [4.78, 5) is 12.0. The van der Waals surface area contributed by atoms with Gasteiger partial charge in [-0.2, -0.15) is 0 Å². The van der Waals surface area contributed by atoms with E-state index in [1.54, 1.807) is 6.26 Å². The highest BCUT2D eigenvalue weighted by Gasteiger charge is 2.23. The van der Waals surface area contributed by atoms with Gasteiger partial charge in [0.05, 0.1) is 12.2 Å². The zero-order valence-electron chi connectivity index (χ0n) is 11.0. The van der Waals surface area contributed by atoms with Gasteiger partial charge < -0.3 is 15.5 Å². The molecule has 1 aromatic heterocycles. The largest absolute Gasteiger partial charge is 0.469 e. The summed E-state index contributed by atoms with van der Waals surface area (Å²) in [7, 11) is 0. The van der Waals surface area contributed by atoms with E-state index in [1.807, 2.05) is 33.8 Å². The van der Waals surface area contributed by atoms with Crippen molar-refractivity contribution in [2.24, 2.45) is 11.7 Å². The van der Waals surface area contributed by atoms with Crippen LogP contribution in [0.4, 0.5) is 0 Å². The highest BCUT2D eigenvalue weighted by atomic mass is 16.3. The summed E-state index contributed by atoms with van der Waals surface area (Å²) in [5.41, 5.74) is 6.49. The van der Waals surface area contributed by atoms with Gasteiger partial charge in [0, 0.05) is 18.5 Å². The highest BCUT2D eigenvalue weighted by molar-refractivity contribution is 5.79. The Bertz CT molecular complexity index is 377. The van der Waals surface area contributed by atoms with E-state index in [4.69, 9.17) is 10.2 Å². The molecule has 1 unspecified atom stereocenters. The predicted octanol–water partition coefficient (Wildman–Crippen LogP) is 1.62. The fourth-order valence-corrected chi connectivity index (χ4v) is 1.59. The van der Waals surface area contributed by atoms with Crippen molar-refractivity contribution < 1.29 is 9.21 Å². The minimum atomic E-state index is -0.237. The van der Waals surface area contributed by atoms with E-state index in [0.29, 0.717) is 13.0 Å². The van der Waals surface area contributed by atoms with E-state index in [1.165, 1.54) is 0 Å². The molecule has 0 spiro atoms. The van der Waals surface area contributed by atoms with Crippen LogP contribution in [0.1, 0.15) is 32.1 Å². The van der Waals surface area contributed by atoms with Gasteiger partial charge in [0.25, 0.3) is 0 Å². The lowest BCUT2D eigenvalue weighted by atomic mass is 9.99. The van der Waals surface area contributed by atoms with E-state index < -0.39 is 0 Å². The lowest BCUT2D eigenvalue weighted by Crippen LogP contribution is -2.46. The summed E-state index contributed by atoms with van der Waals surface area (Å²) in [5.74, 6) is 0.583. The number of rotatable bonds is 4. The average molecular weight is 238 g/mol. The molecular formula is C13H22N2O2. The number of nitrogens with two attached hydrogens (primary N) is 1. The van der Waals surface area contributed by atoms with Crippen molar-refractivity contribution in [1.29, 1.82) is 0 Å². The summed E-state index contributed by atoms with van der Waals surface area (Å²) >= 11 is 0. The summed E-state index contributed by atoms with van der Waals surface area (Å²) in [6, 6.07) is 1.89. The van der Waals surface area contributed by atoms with Gasteiger partial charge in [0.2, 0.25) is 5.91 Å². The zero-order chi connectivity index (χ0) is 13.1. The summed E-state index contributed by atoms with van der Waals surface area (Å²) in [6.07, 6.45) is 2.19. The molecule has 1 atom stereocenters. The molecule has 0 aromatic carbocycles. The Morgan fingerprint density at radius 2 is 2.18 bits per heavy atom. The van der Waals surface area contributed by atoms with Crippen LogP contribution in [0.3, 0.4) is 0 Å². The van der Waals surface area contributed by atoms with Gasteiger partial charge >= 0.3 is 0 Å². The van der Waals surface area contributed by atoms with Crippen LogP contribution in [0.2, 0.25) is 0 Å². The molecule has 0 radical (unpaired) electrons. The smallest absolute Gasteiger partial charge is 0.225 e. The van der Waals surface area contributed by atoms with Crippen LogP contribution < -0.4 is 11.1 Å². The van der Waals surface area contributed by atoms with Crippen LogP contribution >= 0.6 is 0 Å². The highest BCUT2D eigenvalue weighted by Crippen LogP contribution is 2.15. The molecule has 1 heterocycles. The van der Waals surface area contributed by atoms with Crippen molar-refractivity contribution >= 4 is 5.91 Å². The molecule has 0 fully saturated rings. The van der Waals surface area contributed by atoms with Gasteiger partial charge in [-0.15, -0.1) is 0 Å². The Balaban J connectivity index is 2.66. The third kappa shape index (κ3) is 4.23. The van der Waals surface area contributed by atoms with E-state index in [2.05, 4.69) is 5.32 Å². The van der Waals surface area contributed by atoms with Gasteiger partial charge in [-0.3, -0.25) is 4.79 Å². The molecule has 1 aromatic rings. The summed E-state index contributed by atoms with van der Waals surface area (Å²) < 4.78 is 5.34. The summed E-state index contributed by atoms with van der Waals surface area (Å²) in [5, 5.41) is 2.94. The average Bonchev–Trinajstić information content (AvgIpc) is 2.57. The molecule has 0 aliphatic rings. The van der Waals surface area contributed by atoms with Gasteiger partial charge in [-0.25, -0.2) is 0 Å². The Morgan fingerprint density at radius 1 is 1.53 bits per heavy atom. The number of carbonyl (C=O) groups excluding carboxylic acids is 1. The Hall–Kier alpha value is -1.29. The van der Waals surface area contributed by atoms with Gasteiger partial charge in [-0.1, -0.05) is 0 Å². The first-order valence-corrected chi connectivity index (χ1v) is 5.88. The van der Waals surface area contributed by atoms with Gasteiger partial charge in [0.1, 0.15) is 5.76 Å². The SMILES string of the molecule is Cc1ccoc1CC(CN)C(=O)NC(C)(C)C. The second-order valence-corrected chi connectivity index (χ2v) is 5.40. The molecule has 3 N–H and O–H groups in total. The minimum Gasteiger partial charge on any atom is -0.469 e. The molecule has 4 nitrogen and oxygen atoms in total. The third-order valence-corrected chi connectivity index (χ3v) is 2.55. The van der Waals surface area contributed by atoms with Crippen LogP contribution in [0, 0.1) is 12.8 Å². The maximum absolute atomic E-state index is 12.0. The van der Waals surface area contributed by atoms with Gasteiger partial charge in [0.15, 0.2) is 0 Å². The van der Waals surface area contributed by atoms with Crippen molar-refractivity contribution in [3.63, 3.8) is 0 Å². The fraction of sp³-hybridized carbons (Fsp3) is 0.615. The molecule has 0 aliphatic heterocycles. The third-order valence-electron chi connectivity index (χ3n) is 2.55. The number of furan rings is 1. The van der Waals surface area contributed by atoms with Crippen LogP contribution in [-0.4, -0.2) is 18.0 Å². The number of hydrogen-bond donors (Lipinski definition) is 2. The Kier molecular flexibility index (Phi) is 4.34. The van der Waals surface area contributed by atoms with Crippen LogP contribution in [0.5, 0.6) is 0 Å². The van der Waals surface area contributed by atoms with Crippen molar-refractivity contribution in [3.05, 3.63) is 23.7 Å². The Labute approximate surface area is 103 Å². The maximum atomic E-state index is 12.0. The molecule has 1 rings (SSSR count). The first kappa shape index (κ1) is 13.8. The zero-order valence-corrected chi connectivity index (χ0v) is 11.0. The number of aryl methyl sites for hydroxylation is 1. The van der Waals surface area contributed by atoms with Gasteiger partial charge in [-0.05, 0) is 39.3 Å². The topological polar surface area (TPSA) is 68.3 Å². The quantitative estimate of drug-likeness (QED) is 0.837. The van der Waals surface area contributed by atoms with Crippen LogP contribution in [0.15, 0.2) is 16.7 Å². The van der Waals surface area contributed by atoms with Crippen molar-refractivity contribution in [1.82, 2.24) is 5.32 Å². The lowest BCUT2D eigenvalue weighted by Gasteiger charge is -2.24. The standard InChI is InChI=1S/C13H22N2O2/c1-9-5-6-17-11(9)7-10(8-14)12(16)15-13(2,3)4/h5-6,10H,7-8,14H2,1-4H3,(H,15,16). The molecule has 4 heteroatoms. The van der Waals surface area contributed by atoms with Crippen LogP contribution in [-0.2, 0) is 11.2 Å². The lowest BCUT2D eigenvalue weighted by molar-refractivity contribution is -0.126. The predicted molar refractivity (Wildman–Crippen MR) is 67.6 cm³/mol. The van der Waals surface area contributed by atoms with Crippen molar-refractivity contribution in [2.75, 3.05) is 6.54 Å². The number of hydrogen-bond acceptors (Lipinski definition) is 3. The van der Waals surface area contributed by atoms with E-state index >= 15 is 0 Å².